The molecule has 1 aromatic rings. The third-order valence-electron chi connectivity index (χ3n) is 2.28. The molecule has 4 nitrogen and oxygen atoms in total. The first-order chi connectivity index (χ1) is 7.00. The van der Waals surface area contributed by atoms with E-state index in [4.69, 9.17) is 11.6 Å². The van der Waals surface area contributed by atoms with Crippen molar-refractivity contribution in [2.24, 2.45) is 0 Å². The molecule has 15 heavy (non-hydrogen) atoms. The molecule has 0 aromatic carbocycles. The maximum absolute atomic E-state index is 5.88. The first-order valence-electron chi connectivity index (χ1n) is 5.04. The minimum absolute atomic E-state index is 0.173. The lowest BCUT2D eigenvalue weighted by molar-refractivity contribution is 0.738. The van der Waals surface area contributed by atoms with Crippen LogP contribution in [0.5, 0.6) is 0 Å². The average molecular weight is 229 g/mol. The molecule has 0 aliphatic rings. The third-order valence-corrected chi connectivity index (χ3v) is 2.50. The van der Waals surface area contributed by atoms with Gasteiger partial charge in [-0.2, -0.15) is 5.10 Å². The Hall–Kier alpha value is -0.900. The van der Waals surface area contributed by atoms with Crippen LogP contribution in [0.2, 0.25) is 0 Å². The molecule has 0 saturated carbocycles. The molecule has 84 valence electrons. The van der Waals surface area contributed by atoms with Gasteiger partial charge in [-0.1, -0.05) is 0 Å². The van der Waals surface area contributed by atoms with Crippen molar-refractivity contribution in [2.75, 3.05) is 18.5 Å². The van der Waals surface area contributed by atoms with Crippen LogP contribution in [-0.4, -0.2) is 34.2 Å². The van der Waals surface area contributed by atoms with E-state index in [2.05, 4.69) is 15.2 Å². The zero-order valence-electron chi connectivity index (χ0n) is 9.66. The summed E-state index contributed by atoms with van der Waals surface area (Å²) < 4.78 is 0. The van der Waals surface area contributed by atoms with Gasteiger partial charge in [0.1, 0.15) is 0 Å². The van der Waals surface area contributed by atoms with E-state index in [-0.39, 0.29) is 5.38 Å². The van der Waals surface area contributed by atoms with E-state index in [0.29, 0.717) is 5.95 Å². The molecule has 0 aliphatic heterocycles. The van der Waals surface area contributed by atoms with Crippen LogP contribution in [0.1, 0.15) is 24.7 Å². The predicted molar refractivity (Wildman–Crippen MR) is 62.5 cm³/mol. The van der Waals surface area contributed by atoms with E-state index in [9.17, 15) is 0 Å². The van der Waals surface area contributed by atoms with Gasteiger partial charge in [-0.15, -0.1) is 16.7 Å². The van der Waals surface area contributed by atoms with E-state index in [0.717, 1.165) is 24.4 Å². The van der Waals surface area contributed by atoms with Crippen LogP contribution >= 0.6 is 11.6 Å². The highest BCUT2D eigenvalue weighted by Gasteiger charge is 2.07. The topological polar surface area (TPSA) is 41.9 Å². The summed E-state index contributed by atoms with van der Waals surface area (Å²) in [5.41, 5.74) is 1.80. The maximum Gasteiger partial charge on any atom is 0.245 e. The fourth-order valence-corrected chi connectivity index (χ4v) is 1.18. The molecule has 0 fully saturated rings. The lowest BCUT2D eigenvalue weighted by Crippen LogP contribution is -2.23. The SMILES string of the molecule is Cc1nnc(N(C)CCC(C)Cl)nc1C. The van der Waals surface area contributed by atoms with Crippen LogP contribution in [-0.2, 0) is 0 Å². The number of rotatable bonds is 4. The lowest BCUT2D eigenvalue weighted by atomic mass is 10.3. The van der Waals surface area contributed by atoms with Gasteiger partial charge in [0, 0.05) is 19.0 Å². The van der Waals surface area contributed by atoms with Crippen molar-refractivity contribution in [2.45, 2.75) is 32.6 Å². The fourth-order valence-electron chi connectivity index (χ4n) is 1.08. The van der Waals surface area contributed by atoms with Crippen LogP contribution in [0.3, 0.4) is 0 Å². The molecule has 0 bridgehead atoms. The van der Waals surface area contributed by atoms with Crippen molar-refractivity contribution in [1.29, 1.82) is 0 Å². The summed E-state index contributed by atoms with van der Waals surface area (Å²) in [6.45, 7) is 6.66. The van der Waals surface area contributed by atoms with Crippen molar-refractivity contribution < 1.29 is 0 Å². The van der Waals surface area contributed by atoms with Crippen LogP contribution in [0, 0.1) is 13.8 Å². The van der Waals surface area contributed by atoms with Crippen LogP contribution in [0.4, 0.5) is 5.95 Å². The second kappa shape index (κ2) is 5.26. The van der Waals surface area contributed by atoms with Gasteiger partial charge in [-0.25, -0.2) is 4.98 Å². The summed E-state index contributed by atoms with van der Waals surface area (Å²) in [6.07, 6.45) is 0.911. The van der Waals surface area contributed by atoms with Gasteiger partial charge in [0.2, 0.25) is 5.95 Å². The first kappa shape index (κ1) is 12.2. The zero-order valence-corrected chi connectivity index (χ0v) is 10.4. The Labute approximate surface area is 95.7 Å². The second-order valence-electron chi connectivity index (χ2n) is 3.77. The minimum Gasteiger partial charge on any atom is -0.343 e. The number of anilines is 1. The van der Waals surface area contributed by atoms with Crippen LogP contribution < -0.4 is 4.90 Å². The fraction of sp³-hybridized carbons (Fsp3) is 0.700. The van der Waals surface area contributed by atoms with Gasteiger partial charge in [0.15, 0.2) is 0 Å². The van der Waals surface area contributed by atoms with E-state index in [1.54, 1.807) is 0 Å². The van der Waals surface area contributed by atoms with Gasteiger partial charge in [0.25, 0.3) is 0 Å². The maximum atomic E-state index is 5.88. The first-order valence-corrected chi connectivity index (χ1v) is 5.47. The molecule has 1 rings (SSSR count). The van der Waals surface area contributed by atoms with Crippen molar-refractivity contribution in [3.8, 4) is 0 Å². The molecule has 0 aliphatic carbocycles. The molecular formula is C10H17ClN4. The normalized spacial score (nSPS) is 12.6. The van der Waals surface area contributed by atoms with E-state index < -0.39 is 0 Å². The lowest BCUT2D eigenvalue weighted by Gasteiger charge is -2.17. The highest BCUT2D eigenvalue weighted by Crippen LogP contribution is 2.08. The van der Waals surface area contributed by atoms with Gasteiger partial charge in [0.05, 0.1) is 11.4 Å². The Morgan fingerprint density at radius 2 is 1.93 bits per heavy atom. The molecular weight excluding hydrogens is 212 g/mol. The Kier molecular flexibility index (Phi) is 4.27. The molecule has 0 saturated heterocycles. The quantitative estimate of drug-likeness (QED) is 0.739. The molecule has 1 heterocycles. The summed E-state index contributed by atoms with van der Waals surface area (Å²) >= 11 is 5.88. The molecule has 5 heteroatoms. The number of hydrogen-bond donors (Lipinski definition) is 0. The summed E-state index contributed by atoms with van der Waals surface area (Å²) in [5.74, 6) is 0.662. The molecule has 0 amide bonds. The van der Waals surface area contributed by atoms with Crippen molar-refractivity contribution in [1.82, 2.24) is 15.2 Å². The van der Waals surface area contributed by atoms with Crippen LogP contribution in [0.25, 0.3) is 0 Å². The number of hydrogen-bond acceptors (Lipinski definition) is 4. The second-order valence-corrected chi connectivity index (χ2v) is 4.52. The Morgan fingerprint density at radius 3 is 2.47 bits per heavy atom. The van der Waals surface area contributed by atoms with Gasteiger partial charge in [-0.3, -0.25) is 0 Å². The Balaban J connectivity index is 2.65. The number of halogens is 1. The standard InChI is InChI=1S/C10H17ClN4/c1-7(11)5-6-15(4)10-12-8(2)9(3)13-14-10/h7H,5-6H2,1-4H3. The molecule has 1 aromatic heterocycles. The smallest absolute Gasteiger partial charge is 0.245 e. The summed E-state index contributed by atoms with van der Waals surface area (Å²) in [6, 6.07) is 0. The number of aromatic nitrogens is 3. The highest BCUT2D eigenvalue weighted by atomic mass is 35.5. The Bertz CT molecular complexity index is 327. The predicted octanol–water partition coefficient (Wildman–Crippen LogP) is 1.94. The van der Waals surface area contributed by atoms with Crippen molar-refractivity contribution in [3.05, 3.63) is 11.4 Å². The van der Waals surface area contributed by atoms with Gasteiger partial charge in [-0.05, 0) is 27.2 Å². The van der Waals surface area contributed by atoms with E-state index in [1.807, 2.05) is 32.7 Å². The third kappa shape index (κ3) is 3.63. The molecule has 0 N–H and O–H groups in total. The molecule has 1 atom stereocenters. The molecule has 1 unspecified atom stereocenters. The molecule has 0 spiro atoms. The van der Waals surface area contributed by atoms with Crippen molar-refractivity contribution in [3.63, 3.8) is 0 Å². The number of nitrogens with zero attached hydrogens (tertiary/aromatic N) is 4. The zero-order chi connectivity index (χ0) is 11.4. The van der Waals surface area contributed by atoms with E-state index in [1.165, 1.54) is 0 Å². The number of aryl methyl sites for hydroxylation is 2. The summed E-state index contributed by atoms with van der Waals surface area (Å²) in [7, 11) is 1.95. The Morgan fingerprint density at radius 1 is 1.27 bits per heavy atom. The van der Waals surface area contributed by atoms with Crippen LogP contribution in [0.15, 0.2) is 0 Å². The largest absolute Gasteiger partial charge is 0.343 e. The minimum atomic E-state index is 0.173. The molecule has 0 radical (unpaired) electrons. The summed E-state index contributed by atoms with van der Waals surface area (Å²) in [5, 5.41) is 8.25. The van der Waals surface area contributed by atoms with Crippen molar-refractivity contribution >= 4 is 17.5 Å². The highest BCUT2D eigenvalue weighted by molar-refractivity contribution is 6.20. The van der Waals surface area contributed by atoms with E-state index >= 15 is 0 Å². The number of alkyl halides is 1. The van der Waals surface area contributed by atoms with Gasteiger partial charge < -0.3 is 4.90 Å². The monoisotopic (exact) mass is 228 g/mol. The average Bonchev–Trinajstić information content (AvgIpc) is 2.18. The van der Waals surface area contributed by atoms with Gasteiger partial charge >= 0.3 is 0 Å². The summed E-state index contributed by atoms with van der Waals surface area (Å²) in [4.78, 5) is 6.33.